The Hall–Kier alpha value is -1.82. The van der Waals surface area contributed by atoms with E-state index in [4.69, 9.17) is 23.2 Å². The van der Waals surface area contributed by atoms with Crippen LogP contribution in [0.25, 0.3) is 11.6 Å². The van der Waals surface area contributed by atoms with Crippen molar-refractivity contribution in [2.75, 3.05) is 0 Å². The molecule has 2 aromatic rings. The SMILES string of the molecule is N#CC(=Cc1cccnc1)c1cc(Cl)cc(Cl)c1. The minimum atomic E-state index is 0.493. The maximum atomic E-state index is 9.20. The van der Waals surface area contributed by atoms with E-state index < -0.39 is 0 Å². The fourth-order valence-electron chi connectivity index (χ4n) is 1.52. The Kier molecular flexibility index (Phi) is 3.99. The van der Waals surface area contributed by atoms with E-state index in [2.05, 4.69) is 11.1 Å². The Bertz CT molecular complexity index is 608. The van der Waals surface area contributed by atoms with Gasteiger partial charge < -0.3 is 0 Å². The number of hydrogen-bond donors (Lipinski definition) is 0. The lowest BCUT2D eigenvalue weighted by Crippen LogP contribution is -1.83. The predicted molar refractivity (Wildman–Crippen MR) is 74.2 cm³/mol. The second-order valence-electron chi connectivity index (χ2n) is 3.61. The van der Waals surface area contributed by atoms with Crippen molar-refractivity contribution < 1.29 is 0 Å². The van der Waals surface area contributed by atoms with Crippen LogP contribution in [0.5, 0.6) is 0 Å². The molecule has 0 N–H and O–H groups in total. The average Bonchev–Trinajstić information content (AvgIpc) is 2.36. The molecule has 0 aliphatic heterocycles. The summed E-state index contributed by atoms with van der Waals surface area (Å²) >= 11 is 11.8. The van der Waals surface area contributed by atoms with Crippen molar-refractivity contribution >= 4 is 34.9 Å². The number of hydrogen-bond acceptors (Lipinski definition) is 2. The van der Waals surface area contributed by atoms with Gasteiger partial charge in [-0.05, 0) is 41.5 Å². The first kappa shape index (κ1) is 12.6. The number of aromatic nitrogens is 1. The Morgan fingerprint density at radius 1 is 1.22 bits per heavy atom. The molecule has 0 atom stereocenters. The molecule has 4 heteroatoms. The fourth-order valence-corrected chi connectivity index (χ4v) is 2.04. The third-order valence-corrected chi connectivity index (χ3v) is 2.73. The maximum Gasteiger partial charge on any atom is 0.0998 e. The number of nitrogens with zero attached hydrogens (tertiary/aromatic N) is 2. The van der Waals surface area contributed by atoms with E-state index in [0.29, 0.717) is 21.2 Å². The van der Waals surface area contributed by atoms with Crippen LogP contribution in [-0.4, -0.2) is 4.98 Å². The molecule has 0 aliphatic carbocycles. The van der Waals surface area contributed by atoms with Gasteiger partial charge in [-0.15, -0.1) is 0 Å². The monoisotopic (exact) mass is 274 g/mol. The molecule has 0 spiro atoms. The standard InChI is InChI=1S/C14H8Cl2N2/c15-13-5-11(6-14(16)7-13)12(8-17)4-10-2-1-3-18-9-10/h1-7,9H. The Balaban J connectivity index is 2.46. The molecular formula is C14H8Cl2N2. The molecule has 2 rings (SSSR count). The number of halogens is 2. The van der Waals surface area contributed by atoms with E-state index in [9.17, 15) is 5.26 Å². The highest BCUT2D eigenvalue weighted by Crippen LogP contribution is 2.25. The normalized spacial score (nSPS) is 11.1. The summed E-state index contributed by atoms with van der Waals surface area (Å²) in [6, 6.07) is 10.9. The van der Waals surface area contributed by atoms with Crippen molar-refractivity contribution in [2.24, 2.45) is 0 Å². The highest BCUT2D eigenvalue weighted by Gasteiger charge is 2.04. The van der Waals surface area contributed by atoms with Gasteiger partial charge in [0.15, 0.2) is 0 Å². The Labute approximate surface area is 115 Å². The van der Waals surface area contributed by atoms with Crippen molar-refractivity contribution in [3.05, 3.63) is 63.9 Å². The lowest BCUT2D eigenvalue weighted by molar-refractivity contribution is 1.32. The third kappa shape index (κ3) is 3.10. The van der Waals surface area contributed by atoms with Gasteiger partial charge in [-0.25, -0.2) is 0 Å². The molecule has 0 aliphatic rings. The van der Waals surface area contributed by atoms with Crippen LogP contribution in [0, 0.1) is 11.3 Å². The van der Waals surface area contributed by atoms with Crippen LogP contribution in [0.1, 0.15) is 11.1 Å². The first-order valence-corrected chi connectivity index (χ1v) is 5.93. The lowest BCUT2D eigenvalue weighted by atomic mass is 10.0. The summed E-state index contributed by atoms with van der Waals surface area (Å²) in [7, 11) is 0. The van der Waals surface area contributed by atoms with Gasteiger partial charge in [-0.2, -0.15) is 5.26 Å². The van der Waals surface area contributed by atoms with Crippen LogP contribution in [0.3, 0.4) is 0 Å². The van der Waals surface area contributed by atoms with E-state index in [1.54, 1.807) is 36.7 Å². The van der Waals surface area contributed by atoms with Gasteiger partial charge in [-0.1, -0.05) is 29.3 Å². The first-order chi connectivity index (χ1) is 8.69. The van der Waals surface area contributed by atoms with Gasteiger partial charge in [0.1, 0.15) is 0 Å². The van der Waals surface area contributed by atoms with E-state index in [1.807, 2.05) is 12.1 Å². The molecule has 0 fully saturated rings. The van der Waals surface area contributed by atoms with E-state index in [-0.39, 0.29) is 0 Å². The zero-order chi connectivity index (χ0) is 13.0. The fraction of sp³-hybridized carbons (Fsp3) is 0. The zero-order valence-corrected chi connectivity index (χ0v) is 10.8. The number of rotatable bonds is 2. The smallest absolute Gasteiger partial charge is 0.0998 e. The summed E-state index contributed by atoms with van der Waals surface area (Å²) in [6.45, 7) is 0. The minimum absolute atomic E-state index is 0.493. The highest BCUT2D eigenvalue weighted by atomic mass is 35.5. The van der Waals surface area contributed by atoms with Crippen molar-refractivity contribution in [1.29, 1.82) is 5.26 Å². The van der Waals surface area contributed by atoms with E-state index in [0.717, 1.165) is 5.56 Å². The van der Waals surface area contributed by atoms with Crippen LogP contribution in [0.4, 0.5) is 0 Å². The van der Waals surface area contributed by atoms with Crippen molar-refractivity contribution in [1.82, 2.24) is 4.98 Å². The van der Waals surface area contributed by atoms with Crippen LogP contribution in [0.15, 0.2) is 42.7 Å². The van der Waals surface area contributed by atoms with Gasteiger partial charge in [0.2, 0.25) is 0 Å². The van der Waals surface area contributed by atoms with Gasteiger partial charge >= 0.3 is 0 Å². The van der Waals surface area contributed by atoms with E-state index >= 15 is 0 Å². The molecule has 18 heavy (non-hydrogen) atoms. The molecular weight excluding hydrogens is 267 g/mol. The van der Waals surface area contributed by atoms with Gasteiger partial charge in [-0.3, -0.25) is 4.98 Å². The van der Waals surface area contributed by atoms with Crippen molar-refractivity contribution in [3.8, 4) is 6.07 Å². The number of benzene rings is 1. The van der Waals surface area contributed by atoms with Crippen LogP contribution in [0.2, 0.25) is 10.0 Å². The van der Waals surface area contributed by atoms with Gasteiger partial charge in [0.05, 0.1) is 11.6 Å². The first-order valence-electron chi connectivity index (χ1n) is 5.17. The van der Waals surface area contributed by atoms with Gasteiger partial charge in [0, 0.05) is 22.4 Å². The number of pyridine rings is 1. The Morgan fingerprint density at radius 2 is 1.94 bits per heavy atom. The molecule has 0 saturated heterocycles. The summed E-state index contributed by atoms with van der Waals surface area (Å²) < 4.78 is 0. The van der Waals surface area contributed by atoms with Crippen molar-refractivity contribution in [3.63, 3.8) is 0 Å². The molecule has 0 saturated carbocycles. The second-order valence-corrected chi connectivity index (χ2v) is 4.49. The molecule has 0 bridgehead atoms. The summed E-state index contributed by atoms with van der Waals surface area (Å²) in [5, 5.41) is 10.2. The topological polar surface area (TPSA) is 36.7 Å². The van der Waals surface area contributed by atoms with Crippen LogP contribution >= 0.6 is 23.2 Å². The van der Waals surface area contributed by atoms with Crippen LogP contribution < -0.4 is 0 Å². The minimum Gasteiger partial charge on any atom is -0.264 e. The van der Waals surface area contributed by atoms with Crippen LogP contribution in [-0.2, 0) is 0 Å². The van der Waals surface area contributed by atoms with Gasteiger partial charge in [0.25, 0.3) is 0 Å². The van der Waals surface area contributed by atoms with Crippen molar-refractivity contribution in [2.45, 2.75) is 0 Å². The summed E-state index contributed by atoms with van der Waals surface area (Å²) in [5.41, 5.74) is 2.04. The largest absolute Gasteiger partial charge is 0.264 e. The lowest BCUT2D eigenvalue weighted by Gasteiger charge is -2.02. The summed E-state index contributed by atoms with van der Waals surface area (Å²) in [5.74, 6) is 0. The summed E-state index contributed by atoms with van der Waals surface area (Å²) in [4.78, 5) is 3.99. The average molecular weight is 275 g/mol. The number of allylic oxidation sites excluding steroid dienone is 1. The molecule has 0 unspecified atom stereocenters. The van der Waals surface area contributed by atoms with E-state index in [1.165, 1.54) is 0 Å². The molecule has 88 valence electrons. The molecule has 1 aromatic heterocycles. The zero-order valence-electron chi connectivity index (χ0n) is 9.27. The third-order valence-electron chi connectivity index (χ3n) is 2.29. The summed E-state index contributed by atoms with van der Waals surface area (Å²) in [6.07, 6.45) is 5.11. The molecule has 1 heterocycles. The highest BCUT2D eigenvalue weighted by molar-refractivity contribution is 6.35. The molecule has 1 aromatic carbocycles. The maximum absolute atomic E-state index is 9.20. The molecule has 0 amide bonds. The predicted octanol–water partition coefficient (Wildman–Crippen LogP) is 4.45. The molecule has 2 nitrogen and oxygen atoms in total. The number of nitriles is 1. The Morgan fingerprint density at radius 3 is 2.50 bits per heavy atom. The molecule has 0 radical (unpaired) electrons. The second kappa shape index (κ2) is 5.68. The quantitative estimate of drug-likeness (QED) is 0.759.